The Morgan fingerprint density at radius 2 is 1.45 bits per heavy atom. The van der Waals surface area contributed by atoms with Crippen molar-refractivity contribution in [1.82, 2.24) is 5.32 Å². The highest BCUT2D eigenvalue weighted by Gasteiger charge is 2.30. The lowest BCUT2D eigenvalue weighted by molar-refractivity contribution is 0.213. The Balaban J connectivity index is 1.80. The molecule has 1 aliphatic heterocycles. The van der Waals surface area contributed by atoms with Crippen molar-refractivity contribution in [3.05, 3.63) is 0 Å². The largest absolute Gasteiger partial charge is 0.311 e. The summed E-state index contributed by atoms with van der Waals surface area (Å²) < 4.78 is 22.9. The fraction of sp³-hybridized carbons (Fsp3) is 1.00. The molecule has 0 aromatic rings. The van der Waals surface area contributed by atoms with E-state index < -0.39 is 9.84 Å². The molecule has 1 saturated heterocycles. The van der Waals surface area contributed by atoms with Gasteiger partial charge < -0.3 is 5.32 Å². The van der Waals surface area contributed by atoms with Gasteiger partial charge in [-0.05, 0) is 49.9 Å². The molecule has 3 nitrogen and oxygen atoms in total. The van der Waals surface area contributed by atoms with E-state index in [0.717, 1.165) is 18.8 Å². The average Bonchev–Trinajstić information content (AvgIpc) is 2.57. The minimum atomic E-state index is -2.73. The molecule has 1 aliphatic carbocycles. The molecule has 2 unspecified atom stereocenters. The van der Waals surface area contributed by atoms with Gasteiger partial charge in [0.25, 0.3) is 0 Å². The quantitative estimate of drug-likeness (QED) is 0.797. The molecule has 2 atom stereocenters. The fourth-order valence-electron chi connectivity index (χ4n) is 3.72. The van der Waals surface area contributed by atoms with Gasteiger partial charge in [-0.3, -0.25) is 0 Å². The van der Waals surface area contributed by atoms with Gasteiger partial charge >= 0.3 is 0 Å². The minimum Gasteiger partial charge on any atom is -0.311 e. The molecule has 4 heteroatoms. The van der Waals surface area contributed by atoms with Crippen molar-refractivity contribution in [2.75, 3.05) is 11.5 Å². The first-order valence-electron chi connectivity index (χ1n) is 8.23. The Labute approximate surface area is 124 Å². The van der Waals surface area contributed by atoms with Crippen LogP contribution in [-0.4, -0.2) is 32.0 Å². The van der Waals surface area contributed by atoms with E-state index in [9.17, 15) is 8.42 Å². The van der Waals surface area contributed by atoms with Gasteiger partial charge in [0, 0.05) is 12.1 Å². The van der Waals surface area contributed by atoms with E-state index in [1.165, 1.54) is 32.1 Å². The summed E-state index contributed by atoms with van der Waals surface area (Å²) in [4.78, 5) is 0. The van der Waals surface area contributed by atoms with Gasteiger partial charge in [-0.25, -0.2) is 8.42 Å². The predicted molar refractivity (Wildman–Crippen MR) is 84.6 cm³/mol. The van der Waals surface area contributed by atoms with Crippen molar-refractivity contribution < 1.29 is 8.42 Å². The third kappa shape index (κ3) is 4.73. The van der Waals surface area contributed by atoms with E-state index in [1.807, 2.05) is 0 Å². The summed E-state index contributed by atoms with van der Waals surface area (Å²) >= 11 is 0. The highest BCUT2D eigenvalue weighted by atomic mass is 32.2. The highest BCUT2D eigenvalue weighted by Crippen LogP contribution is 2.37. The molecule has 0 bridgehead atoms. The molecule has 2 rings (SSSR count). The fourth-order valence-corrected chi connectivity index (χ4v) is 5.22. The van der Waals surface area contributed by atoms with Crippen LogP contribution in [0.5, 0.6) is 0 Å². The Morgan fingerprint density at radius 1 is 0.850 bits per heavy atom. The molecule has 0 amide bonds. The zero-order valence-electron chi connectivity index (χ0n) is 13.3. The summed E-state index contributed by atoms with van der Waals surface area (Å²) in [5.41, 5.74) is 0.424. The van der Waals surface area contributed by atoms with Gasteiger partial charge in [0.1, 0.15) is 9.84 Å². The average molecular weight is 301 g/mol. The number of hydrogen-bond acceptors (Lipinski definition) is 3. The molecule has 118 valence electrons. The van der Waals surface area contributed by atoms with Crippen LogP contribution in [0.15, 0.2) is 0 Å². The summed E-state index contributed by atoms with van der Waals surface area (Å²) in [7, 11) is -2.73. The van der Waals surface area contributed by atoms with E-state index in [1.54, 1.807) is 0 Å². The lowest BCUT2D eigenvalue weighted by Gasteiger charge is -2.30. The van der Waals surface area contributed by atoms with Crippen molar-refractivity contribution >= 4 is 9.84 Å². The topological polar surface area (TPSA) is 46.2 Å². The van der Waals surface area contributed by atoms with E-state index in [2.05, 4.69) is 26.1 Å². The number of sulfone groups is 1. The van der Waals surface area contributed by atoms with Crippen molar-refractivity contribution in [3.8, 4) is 0 Å². The van der Waals surface area contributed by atoms with Crippen LogP contribution in [0.2, 0.25) is 0 Å². The molecular weight excluding hydrogens is 270 g/mol. The summed E-state index contributed by atoms with van der Waals surface area (Å²) in [5.74, 6) is 1.59. The molecule has 1 heterocycles. The van der Waals surface area contributed by atoms with Crippen LogP contribution in [0.3, 0.4) is 0 Å². The molecule has 0 aromatic heterocycles. The smallest absolute Gasteiger partial charge is 0.150 e. The highest BCUT2D eigenvalue weighted by molar-refractivity contribution is 7.91. The number of hydrogen-bond donors (Lipinski definition) is 1. The third-order valence-corrected chi connectivity index (χ3v) is 6.93. The molecule has 0 aromatic carbocycles. The Kier molecular flexibility index (Phi) is 5.17. The van der Waals surface area contributed by atoms with E-state index >= 15 is 0 Å². The van der Waals surface area contributed by atoms with Crippen LogP contribution in [0.25, 0.3) is 0 Å². The van der Waals surface area contributed by atoms with Gasteiger partial charge in [0.2, 0.25) is 0 Å². The van der Waals surface area contributed by atoms with Crippen LogP contribution in [0.4, 0.5) is 0 Å². The first-order chi connectivity index (χ1) is 9.26. The molecule has 2 aliphatic rings. The molecule has 0 radical (unpaired) electrons. The third-order valence-electron chi connectivity index (χ3n) is 5.22. The zero-order valence-corrected chi connectivity index (χ0v) is 14.1. The summed E-state index contributed by atoms with van der Waals surface area (Å²) in [5, 5.41) is 3.74. The molecule has 2 fully saturated rings. The summed E-state index contributed by atoms with van der Waals surface area (Å²) in [6.45, 7) is 7.08. The van der Waals surface area contributed by atoms with Gasteiger partial charge in [-0.2, -0.15) is 0 Å². The minimum absolute atomic E-state index is 0.377. The Hall–Kier alpha value is -0.0900. The van der Waals surface area contributed by atoms with Crippen LogP contribution in [0.1, 0.15) is 65.7 Å². The maximum atomic E-state index is 11.5. The van der Waals surface area contributed by atoms with Gasteiger partial charge in [-0.1, -0.05) is 27.2 Å². The van der Waals surface area contributed by atoms with Crippen LogP contribution in [-0.2, 0) is 9.84 Å². The second-order valence-corrected chi connectivity index (χ2v) is 10.2. The molecule has 20 heavy (non-hydrogen) atoms. The van der Waals surface area contributed by atoms with E-state index in [0.29, 0.717) is 29.0 Å². The first kappa shape index (κ1) is 16.3. The second kappa shape index (κ2) is 6.35. The molecule has 1 N–H and O–H groups in total. The maximum Gasteiger partial charge on any atom is 0.150 e. The summed E-state index contributed by atoms with van der Waals surface area (Å²) in [6.07, 6.45) is 8.10. The molecule has 1 saturated carbocycles. The zero-order chi connectivity index (χ0) is 14.8. The first-order valence-corrected chi connectivity index (χ1v) is 10.0. The maximum absolute atomic E-state index is 11.5. The number of rotatable bonds is 2. The van der Waals surface area contributed by atoms with Crippen LogP contribution >= 0.6 is 0 Å². The Morgan fingerprint density at radius 3 is 2.05 bits per heavy atom. The van der Waals surface area contributed by atoms with E-state index in [-0.39, 0.29) is 0 Å². The monoisotopic (exact) mass is 301 g/mol. The van der Waals surface area contributed by atoms with Crippen molar-refractivity contribution in [2.24, 2.45) is 11.3 Å². The van der Waals surface area contributed by atoms with Crippen LogP contribution in [0, 0.1) is 11.3 Å². The van der Waals surface area contributed by atoms with Crippen LogP contribution < -0.4 is 5.32 Å². The van der Waals surface area contributed by atoms with Gasteiger partial charge in [0.05, 0.1) is 11.5 Å². The number of nitrogens with one attached hydrogen (secondary N) is 1. The predicted octanol–water partition coefficient (Wildman–Crippen LogP) is 3.15. The SMILES string of the molecule is CC(C)(C)C1CCCC(NC2CCS(=O)(=O)CC2)CC1. The second-order valence-electron chi connectivity index (χ2n) is 7.86. The lowest BCUT2D eigenvalue weighted by Crippen LogP contribution is -2.43. The lowest BCUT2D eigenvalue weighted by atomic mass is 9.76. The van der Waals surface area contributed by atoms with Gasteiger partial charge in [-0.15, -0.1) is 0 Å². The standard InChI is InChI=1S/C16H31NO2S/c1-16(2,3)13-5-4-6-14(8-7-13)17-15-9-11-20(18,19)12-10-15/h13-15,17H,4-12H2,1-3H3. The summed E-state index contributed by atoms with van der Waals surface area (Å²) in [6, 6.07) is 1.03. The normalized spacial score (nSPS) is 32.8. The van der Waals surface area contributed by atoms with Gasteiger partial charge in [0.15, 0.2) is 0 Å². The molecule has 0 spiro atoms. The Bertz CT molecular complexity index is 397. The molecular formula is C16H31NO2S. The van der Waals surface area contributed by atoms with E-state index in [4.69, 9.17) is 0 Å². The van der Waals surface area contributed by atoms with Crippen molar-refractivity contribution in [1.29, 1.82) is 0 Å². The van der Waals surface area contributed by atoms with Crippen molar-refractivity contribution in [3.63, 3.8) is 0 Å². The van der Waals surface area contributed by atoms with Crippen molar-refractivity contribution in [2.45, 2.75) is 77.8 Å².